The number of nitrogens with one attached hydrogen (secondary N) is 1. The van der Waals surface area contributed by atoms with E-state index in [9.17, 15) is 4.79 Å². The molecule has 0 saturated carbocycles. The molecule has 3 rings (SSSR count). The van der Waals surface area contributed by atoms with Gasteiger partial charge in [-0.25, -0.2) is 0 Å². The van der Waals surface area contributed by atoms with Crippen molar-refractivity contribution in [1.29, 1.82) is 0 Å². The van der Waals surface area contributed by atoms with Crippen molar-refractivity contribution < 1.29 is 4.79 Å². The van der Waals surface area contributed by atoms with Crippen molar-refractivity contribution in [1.82, 2.24) is 20.0 Å². The SMILES string of the molecule is Cc1cc(C)n(Cc2ccc(C(=O)NC[C@H](C)N3CCCC3)cc2)n1. The van der Waals surface area contributed by atoms with E-state index in [1.165, 1.54) is 12.8 Å². The molecular weight excluding hydrogens is 312 g/mol. The van der Waals surface area contributed by atoms with Gasteiger partial charge in [0.25, 0.3) is 5.91 Å². The summed E-state index contributed by atoms with van der Waals surface area (Å²) >= 11 is 0. The Labute approximate surface area is 150 Å². The highest BCUT2D eigenvalue weighted by molar-refractivity contribution is 5.94. The predicted octanol–water partition coefficient (Wildman–Crippen LogP) is 2.76. The van der Waals surface area contributed by atoms with Gasteiger partial charge < -0.3 is 5.32 Å². The molecule has 0 aliphatic carbocycles. The fraction of sp³-hybridized carbons (Fsp3) is 0.500. The lowest BCUT2D eigenvalue weighted by Gasteiger charge is -2.23. The molecule has 5 nitrogen and oxygen atoms in total. The quantitative estimate of drug-likeness (QED) is 0.880. The zero-order valence-corrected chi connectivity index (χ0v) is 15.5. The number of aromatic nitrogens is 2. The number of benzene rings is 1. The smallest absolute Gasteiger partial charge is 0.251 e. The number of carbonyl (C=O) groups excluding carboxylic acids is 1. The number of amides is 1. The third-order valence-corrected chi connectivity index (χ3v) is 4.97. The summed E-state index contributed by atoms with van der Waals surface area (Å²) in [5.74, 6) is 0.00344. The van der Waals surface area contributed by atoms with Crippen LogP contribution in [0.2, 0.25) is 0 Å². The predicted molar refractivity (Wildman–Crippen MR) is 99.8 cm³/mol. The lowest BCUT2D eigenvalue weighted by Crippen LogP contribution is -2.40. The van der Waals surface area contributed by atoms with E-state index in [2.05, 4.69) is 35.2 Å². The Balaban J connectivity index is 1.54. The van der Waals surface area contributed by atoms with Gasteiger partial charge >= 0.3 is 0 Å². The molecule has 0 bridgehead atoms. The Morgan fingerprint density at radius 3 is 2.48 bits per heavy atom. The van der Waals surface area contributed by atoms with E-state index in [4.69, 9.17) is 0 Å². The monoisotopic (exact) mass is 340 g/mol. The molecular formula is C20H28N4O. The van der Waals surface area contributed by atoms with Crippen molar-refractivity contribution in [2.24, 2.45) is 0 Å². The molecule has 1 aromatic carbocycles. The Bertz CT molecular complexity index is 714. The number of hydrogen-bond acceptors (Lipinski definition) is 3. The summed E-state index contributed by atoms with van der Waals surface area (Å²) < 4.78 is 1.99. The molecule has 1 atom stereocenters. The molecule has 1 N–H and O–H groups in total. The highest BCUT2D eigenvalue weighted by Crippen LogP contribution is 2.12. The first kappa shape index (κ1) is 17.7. The highest BCUT2D eigenvalue weighted by Gasteiger charge is 2.18. The van der Waals surface area contributed by atoms with Crippen molar-refractivity contribution in [3.8, 4) is 0 Å². The Kier molecular flexibility index (Phi) is 5.53. The van der Waals surface area contributed by atoms with Crippen molar-refractivity contribution in [2.45, 2.75) is 46.2 Å². The van der Waals surface area contributed by atoms with E-state index < -0.39 is 0 Å². The van der Waals surface area contributed by atoms with Crippen LogP contribution in [-0.4, -0.2) is 46.3 Å². The molecule has 0 radical (unpaired) electrons. The first-order chi connectivity index (χ1) is 12.0. The number of aryl methyl sites for hydroxylation is 2. The topological polar surface area (TPSA) is 50.2 Å². The normalized spacial score (nSPS) is 16.1. The molecule has 1 saturated heterocycles. The van der Waals surface area contributed by atoms with Gasteiger partial charge in [0.15, 0.2) is 0 Å². The van der Waals surface area contributed by atoms with Gasteiger partial charge in [-0.15, -0.1) is 0 Å². The maximum Gasteiger partial charge on any atom is 0.251 e. The summed E-state index contributed by atoms with van der Waals surface area (Å²) in [6.07, 6.45) is 2.55. The molecule has 1 aliphatic rings. The van der Waals surface area contributed by atoms with Gasteiger partial charge in [-0.05, 0) is 70.5 Å². The second-order valence-electron chi connectivity index (χ2n) is 7.08. The fourth-order valence-corrected chi connectivity index (χ4v) is 3.42. The van der Waals surface area contributed by atoms with E-state index in [1.807, 2.05) is 35.9 Å². The lowest BCUT2D eigenvalue weighted by atomic mass is 10.1. The molecule has 1 aromatic heterocycles. The largest absolute Gasteiger partial charge is 0.350 e. The van der Waals surface area contributed by atoms with Crippen LogP contribution in [0.1, 0.15) is 47.1 Å². The van der Waals surface area contributed by atoms with Crippen LogP contribution in [0.15, 0.2) is 30.3 Å². The molecule has 0 unspecified atom stereocenters. The van der Waals surface area contributed by atoms with E-state index >= 15 is 0 Å². The van der Waals surface area contributed by atoms with Crippen LogP contribution >= 0.6 is 0 Å². The van der Waals surface area contributed by atoms with Crippen LogP contribution in [0.3, 0.4) is 0 Å². The summed E-state index contributed by atoms with van der Waals surface area (Å²) in [4.78, 5) is 14.8. The van der Waals surface area contributed by atoms with Gasteiger partial charge in [-0.2, -0.15) is 5.10 Å². The standard InChI is InChI=1S/C20H28N4O/c1-15-12-16(2)24(22-15)14-18-6-8-19(9-7-18)20(25)21-13-17(3)23-10-4-5-11-23/h6-9,12,17H,4-5,10-11,13-14H2,1-3H3,(H,21,25)/t17-/m0/s1. The number of likely N-dealkylation sites (tertiary alicyclic amines) is 1. The van der Waals surface area contributed by atoms with Crippen LogP contribution in [0, 0.1) is 13.8 Å². The van der Waals surface area contributed by atoms with E-state index in [1.54, 1.807) is 0 Å². The maximum atomic E-state index is 12.3. The number of nitrogens with zero attached hydrogens (tertiary/aromatic N) is 3. The Morgan fingerprint density at radius 1 is 1.20 bits per heavy atom. The molecule has 2 aromatic rings. The molecule has 2 heterocycles. The van der Waals surface area contributed by atoms with Gasteiger partial charge in [-0.1, -0.05) is 12.1 Å². The summed E-state index contributed by atoms with van der Waals surface area (Å²) in [5.41, 5.74) is 4.04. The van der Waals surface area contributed by atoms with E-state index in [0.29, 0.717) is 18.2 Å². The zero-order chi connectivity index (χ0) is 17.8. The molecule has 1 amide bonds. The van der Waals surface area contributed by atoms with E-state index in [0.717, 1.165) is 36.6 Å². The van der Waals surface area contributed by atoms with Gasteiger partial charge in [0, 0.05) is 23.8 Å². The summed E-state index contributed by atoms with van der Waals surface area (Å²) in [7, 11) is 0. The molecule has 1 fully saturated rings. The fourth-order valence-electron chi connectivity index (χ4n) is 3.42. The van der Waals surface area contributed by atoms with Gasteiger partial charge in [0.1, 0.15) is 0 Å². The average molecular weight is 340 g/mol. The number of rotatable bonds is 6. The maximum absolute atomic E-state index is 12.3. The van der Waals surface area contributed by atoms with E-state index in [-0.39, 0.29) is 5.91 Å². The molecule has 25 heavy (non-hydrogen) atoms. The second-order valence-corrected chi connectivity index (χ2v) is 7.08. The van der Waals surface area contributed by atoms with Gasteiger partial charge in [0.2, 0.25) is 0 Å². The Morgan fingerprint density at radius 2 is 1.88 bits per heavy atom. The van der Waals surface area contributed by atoms with Crippen molar-refractivity contribution >= 4 is 5.91 Å². The van der Waals surface area contributed by atoms with Crippen molar-refractivity contribution in [3.63, 3.8) is 0 Å². The second kappa shape index (κ2) is 7.83. The van der Waals surface area contributed by atoms with Crippen LogP contribution in [0.25, 0.3) is 0 Å². The minimum atomic E-state index is 0.00344. The zero-order valence-electron chi connectivity index (χ0n) is 15.5. The van der Waals surface area contributed by atoms with Crippen LogP contribution in [0.5, 0.6) is 0 Å². The molecule has 1 aliphatic heterocycles. The van der Waals surface area contributed by atoms with Crippen LogP contribution in [-0.2, 0) is 6.54 Å². The first-order valence-corrected chi connectivity index (χ1v) is 9.15. The summed E-state index contributed by atoms with van der Waals surface area (Å²) in [6.45, 7) is 9.97. The number of carbonyl (C=O) groups is 1. The molecule has 5 heteroatoms. The summed E-state index contributed by atoms with van der Waals surface area (Å²) in [5, 5.41) is 7.54. The van der Waals surface area contributed by atoms with Crippen LogP contribution < -0.4 is 5.32 Å². The van der Waals surface area contributed by atoms with Crippen molar-refractivity contribution in [3.05, 3.63) is 52.8 Å². The summed E-state index contributed by atoms with van der Waals surface area (Å²) in [6, 6.07) is 10.3. The molecule has 134 valence electrons. The lowest BCUT2D eigenvalue weighted by molar-refractivity contribution is 0.0940. The minimum absolute atomic E-state index is 0.00344. The first-order valence-electron chi connectivity index (χ1n) is 9.15. The highest BCUT2D eigenvalue weighted by atomic mass is 16.1. The van der Waals surface area contributed by atoms with Gasteiger partial charge in [-0.3, -0.25) is 14.4 Å². The molecule has 0 spiro atoms. The third-order valence-electron chi connectivity index (χ3n) is 4.97. The van der Waals surface area contributed by atoms with Crippen LogP contribution in [0.4, 0.5) is 0 Å². The third kappa shape index (κ3) is 4.48. The van der Waals surface area contributed by atoms with Gasteiger partial charge in [0.05, 0.1) is 12.2 Å². The number of hydrogen-bond donors (Lipinski definition) is 1. The Hall–Kier alpha value is -2.14. The average Bonchev–Trinajstić information content (AvgIpc) is 3.23. The minimum Gasteiger partial charge on any atom is -0.350 e. The van der Waals surface area contributed by atoms with Crippen molar-refractivity contribution in [2.75, 3.05) is 19.6 Å².